The molecule has 0 spiro atoms. The van der Waals surface area contributed by atoms with Crippen LogP contribution in [0, 0.1) is 0 Å². The maximum Gasteiger partial charge on any atom is 0.356 e. The van der Waals surface area contributed by atoms with E-state index in [1.54, 1.807) is 6.07 Å². The number of carbonyl (C=O) groups is 1. The van der Waals surface area contributed by atoms with Crippen molar-refractivity contribution in [3.8, 4) is 0 Å². The lowest BCUT2D eigenvalue weighted by Gasteiger charge is -2.02. The predicted octanol–water partition coefficient (Wildman–Crippen LogP) is 1.75. The second-order valence-corrected chi connectivity index (χ2v) is 3.50. The largest absolute Gasteiger partial charge is 0.461 e. The Hall–Kier alpha value is -2.17. The quantitative estimate of drug-likeness (QED) is 0.755. The number of carbonyl (C=O) groups excluding carboxylic acids is 1. The molecule has 2 aromatic rings. The molecule has 2 rings (SSSR count). The molecule has 5 heteroatoms. The van der Waals surface area contributed by atoms with Crippen LogP contribution >= 0.6 is 0 Å². The average Bonchev–Trinajstić information content (AvgIpc) is 2.36. The molecular formula is C12H11NO4. The molecule has 0 amide bonds. The van der Waals surface area contributed by atoms with Crippen molar-refractivity contribution in [3.05, 3.63) is 40.7 Å². The van der Waals surface area contributed by atoms with Crippen molar-refractivity contribution in [2.45, 2.75) is 13.3 Å². The number of hydrogen-bond acceptors (Lipinski definition) is 5. The minimum Gasteiger partial charge on any atom is -0.461 e. The molecule has 0 N–H and O–H groups in total. The lowest BCUT2D eigenvalue weighted by Crippen LogP contribution is -2.09. The molecule has 0 unspecified atom stereocenters. The van der Waals surface area contributed by atoms with Crippen LogP contribution in [0.15, 0.2) is 33.8 Å². The highest BCUT2D eigenvalue weighted by molar-refractivity contribution is 5.92. The van der Waals surface area contributed by atoms with Gasteiger partial charge in [0, 0.05) is 6.20 Å². The highest BCUT2D eigenvalue weighted by Crippen LogP contribution is 2.10. The van der Waals surface area contributed by atoms with Gasteiger partial charge >= 0.3 is 11.6 Å². The minimum atomic E-state index is -0.484. The molecule has 0 atom stereocenters. The molecule has 2 aromatic heterocycles. The van der Waals surface area contributed by atoms with Crippen molar-refractivity contribution < 1.29 is 13.9 Å². The summed E-state index contributed by atoms with van der Waals surface area (Å²) in [4.78, 5) is 26.7. The first-order valence-corrected chi connectivity index (χ1v) is 5.27. The SMILES string of the molecule is CCCOC(=O)c1cc2ccoc(=O)c2cn1. The molecular weight excluding hydrogens is 222 g/mol. The van der Waals surface area contributed by atoms with Crippen LogP contribution in [0.3, 0.4) is 0 Å². The normalized spacial score (nSPS) is 10.4. The Morgan fingerprint density at radius 3 is 3.12 bits per heavy atom. The van der Waals surface area contributed by atoms with E-state index < -0.39 is 11.6 Å². The zero-order valence-corrected chi connectivity index (χ0v) is 9.30. The van der Waals surface area contributed by atoms with Crippen molar-refractivity contribution >= 4 is 16.7 Å². The molecule has 17 heavy (non-hydrogen) atoms. The van der Waals surface area contributed by atoms with Crippen molar-refractivity contribution in [3.63, 3.8) is 0 Å². The van der Waals surface area contributed by atoms with Crippen molar-refractivity contribution in [2.75, 3.05) is 6.61 Å². The van der Waals surface area contributed by atoms with Gasteiger partial charge in [-0.05, 0) is 23.9 Å². The summed E-state index contributed by atoms with van der Waals surface area (Å²) in [5.74, 6) is -0.484. The molecule has 2 heterocycles. The number of ether oxygens (including phenoxy) is 1. The van der Waals surface area contributed by atoms with Crippen LogP contribution in [0.2, 0.25) is 0 Å². The number of esters is 1. The van der Waals surface area contributed by atoms with Gasteiger partial charge in [-0.1, -0.05) is 6.92 Å². The van der Waals surface area contributed by atoms with E-state index in [1.807, 2.05) is 6.92 Å². The summed E-state index contributed by atoms with van der Waals surface area (Å²) in [6, 6.07) is 3.12. The van der Waals surface area contributed by atoms with Crippen molar-refractivity contribution in [1.29, 1.82) is 0 Å². The summed E-state index contributed by atoms with van der Waals surface area (Å²) in [6.07, 6.45) is 3.36. The molecule has 0 bridgehead atoms. The molecule has 0 aliphatic carbocycles. The number of aromatic nitrogens is 1. The topological polar surface area (TPSA) is 69.4 Å². The van der Waals surface area contributed by atoms with E-state index in [2.05, 4.69) is 4.98 Å². The number of rotatable bonds is 3. The number of pyridine rings is 1. The summed E-state index contributed by atoms with van der Waals surface area (Å²) in [5, 5.41) is 0.958. The second-order valence-electron chi connectivity index (χ2n) is 3.50. The van der Waals surface area contributed by atoms with E-state index in [9.17, 15) is 9.59 Å². The first-order chi connectivity index (χ1) is 8.22. The highest BCUT2D eigenvalue weighted by atomic mass is 16.5. The lowest BCUT2D eigenvalue weighted by atomic mass is 10.2. The van der Waals surface area contributed by atoms with E-state index in [-0.39, 0.29) is 5.69 Å². The summed E-state index contributed by atoms with van der Waals surface area (Å²) < 4.78 is 9.65. The third-order valence-electron chi connectivity index (χ3n) is 2.22. The Morgan fingerprint density at radius 1 is 1.53 bits per heavy atom. The summed E-state index contributed by atoms with van der Waals surface area (Å²) in [7, 11) is 0. The van der Waals surface area contributed by atoms with Crippen LogP contribution in [-0.2, 0) is 4.74 Å². The van der Waals surface area contributed by atoms with Crippen LogP contribution in [0.1, 0.15) is 23.8 Å². The fraction of sp³-hybridized carbons (Fsp3) is 0.250. The van der Waals surface area contributed by atoms with Gasteiger partial charge in [0.15, 0.2) is 0 Å². The van der Waals surface area contributed by atoms with Crippen LogP contribution in [0.25, 0.3) is 10.8 Å². The summed E-state index contributed by atoms with van der Waals surface area (Å²) >= 11 is 0. The third kappa shape index (κ3) is 2.33. The summed E-state index contributed by atoms with van der Waals surface area (Å²) in [5.41, 5.74) is -0.278. The molecule has 0 radical (unpaired) electrons. The van der Waals surface area contributed by atoms with Crippen molar-refractivity contribution in [1.82, 2.24) is 4.98 Å². The fourth-order valence-corrected chi connectivity index (χ4v) is 1.39. The van der Waals surface area contributed by atoms with Gasteiger partial charge < -0.3 is 9.15 Å². The van der Waals surface area contributed by atoms with E-state index in [4.69, 9.17) is 9.15 Å². The predicted molar refractivity (Wildman–Crippen MR) is 60.9 cm³/mol. The van der Waals surface area contributed by atoms with Gasteiger partial charge in [0.2, 0.25) is 0 Å². The van der Waals surface area contributed by atoms with Gasteiger partial charge in [-0.3, -0.25) is 0 Å². The van der Waals surface area contributed by atoms with Gasteiger partial charge in [0.05, 0.1) is 18.3 Å². The van der Waals surface area contributed by atoms with Crippen LogP contribution in [-0.4, -0.2) is 17.6 Å². The van der Waals surface area contributed by atoms with E-state index >= 15 is 0 Å². The maximum atomic E-state index is 11.5. The van der Waals surface area contributed by atoms with E-state index in [0.717, 1.165) is 6.42 Å². The Labute approximate surface area is 97.0 Å². The molecule has 0 saturated carbocycles. The van der Waals surface area contributed by atoms with Gasteiger partial charge in [-0.15, -0.1) is 0 Å². The first-order valence-electron chi connectivity index (χ1n) is 5.27. The van der Waals surface area contributed by atoms with Crippen molar-refractivity contribution in [2.24, 2.45) is 0 Å². The number of nitrogens with zero attached hydrogens (tertiary/aromatic N) is 1. The zero-order chi connectivity index (χ0) is 12.3. The standard InChI is InChI=1S/C12H11NO4/c1-2-4-16-12(15)10-6-8-3-5-17-11(14)9(8)7-13-10/h3,5-7H,2,4H2,1H3. The van der Waals surface area contributed by atoms with Gasteiger partial charge in [-0.25, -0.2) is 14.6 Å². The van der Waals surface area contributed by atoms with Gasteiger partial charge in [0.25, 0.3) is 0 Å². The number of fused-ring (bicyclic) bond motifs is 1. The monoisotopic (exact) mass is 233 g/mol. The molecule has 0 aromatic carbocycles. The molecule has 0 fully saturated rings. The minimum absolute atomic E-state index is 0.191. The second kappa shape index (κ2) is 4.78. The maximum absolute atomic E-state index is 11.5. The average molecular weight is 233 g/mol. The summed E-state index contributed by atoms with van der Waals surface area (Å²) in [6.45, 7) is 2.27. The Balaban J connectivity index is 2.38. The Kier molecular flexibility index (Phi) is 3.18. The molecule has 0 aliphatic rings. The zero-order valence-electron chi connectivity index (χ0n) is 9.30. The fourth-order valence-electron chi connectivity index (χ4n) is 1.39. The highest BCUT2D eigenvalue weighted by Gasteiger charge is 2.10. The van der Waals surface area contributed by atoms with Gasteiger partial charge in [-0.2, -0.15) is 0 Å². The Bertz CT molecular complexity index is 603. The molecule has 0 aliphatic heterocycles. The van der Waals surface area contributed by atoms with Crippen LogP contribution in [0.4, 0.5) is 0 Å². The van der Waals surface area contributed by atoms with E-state index in [0.29, 0.717) is 17.4 Å². The lowest BCUT2D eigenvalue weighted by molar-refractivity contribution is 0.0498. The molecule has 5 nitrogen and oxygen atoms in total. The molecule has 0 saturated heterocycles. The van der Waals surface area contributed by atoms with Gasteiger partial charge in [0.1, 0.15) is 5.69 Å². The van der Waals surface area contributed by atoms with E-state index in [1.165, 1.54) is 18.5 Å². The first kappa shape index (κ1) is 11.3. The third-order valence-corrected chi connectivity index (χ3v) is 2.22. The Morgan fingerprint density at radius 2 is 2.35 bits per heavy atom. The van der Waals surface area contributed by atoms with Crippen LogP contribution < -0.4 is 5.63 Å². The molecule has 88 valence electrons. The smallest absolute Gasteiger partial charge is 0.356 e. The van der Waals surface area contributed by atoms with Crippen LogP contribution in [0.5, 0.6) is 0 Å². The number of hydrogen-bond donors (Lipinski definition) is 0.